The van der Waals surface area contributed by atoms with Gasteiger partial charge in [0.2, 0.25) is 0 Å². The van der Waals surface area contributed by atoms with E-state index in [9.17, 15) is 9.59 Å². The van der Waals surface area contributed by atoms with Gasteiger partial charge < -0.3 is 25.1 Å². The lowest BCUT2D eigenvalue weighted by molar-refractivity contribution is 0.0524. The fraction of sp³-hybridized carbons (Fsp3) is 0.280. The fourth-order valence-electron chi connectivity index (χ4n) is 3.49. The summed E-state index contributed by atoms with van der Waals surface area (Å²) in [6.07, 6.45) is 0.515. The third-order valence-electron chi connectivity index (χ3n) is 5.10. The van der Waals surface area contributed by atoms with Crippen LogP contribution in [0.15, 0.2) is 54.6 Å². The normalized spacial score (nSPS) is 10.5. The van der Waals surface area contributed by atoms with Crippen LogP contribution >= 0.6 is 0 Å². The van der Waals surface area contributed by atoms with Crippen LogP contribution in [0.25, 0.3) is 0 Å². The van der Waals surface area contributed by atoms with Crippen LogP contribution in [0.1, 0.15) is 51.5 Å². The van der Waals surface area contributed by atoms with Crippen molar-refractivity contribution in [2.45, 2.75) is 33.4 Å². The summed E-state index contributed by atoms with van der Waals surface area (Å²) in [4.78, 5) is 28.9. The summed E-state index contributed by atoms with van der Waals surface area (Å²) in [5.74, 6) is 0.0643. The first-order chi connectivity index (χ1) is 15.6. The number of rotatable bonds is 10. The maximum Gasteiger partial charge on any atom is 0.340 e. The number of ether oxygens (including phenoxy) is 2. The Morgan fingerprint density at radius 1 is 0.969 bits per heavy atom. The van der Waals surface area contributed by atoms with E-state index in [1.165, 1.54) is 0 Å². The van der Waals surface area contributed by atoms with Gasteiger partial charge in [-0.05, 0) is 48.7 Å². The third-order valence-corrected chi connectivity index (χ3v) is 5.10. The standard InChI is InChI=1S/C25H29N3O4/c1-4-20-22(25(30)32-5-2)21(16-26-18-11-13-19(31-3)14-12-18)28-23(20)24(29)27-15-17-9-7-6-8-10-17/h6-14,26,28H,4-5,15-16H2,1-3H3,(H,27,29). The predicted molar refractivity (Wildman–Crippen MR) is 124 cm³/mol. The summed E-state index contributed by atoms with van der Waals surface area (Å²) in [6.45, 7) is 4.67. The molecule has 0 aliphatic rings. The molecule has 168 valence electrons. The Morgan fingerprint density at radius 3 is 2.31 bits per heavy atom. The molecule has 0 bridgehead atoms. The van der Waals surface area contributed by atoms with E-state index < -0.39 is 5.97 Å². The molecule has 1 heterocycles. The molecule has 3 rings (SSSR count). The number of anilines is 1. The number of carbonyl (C=O) groups excluding carboxylic acids is 2. The Hall–Kier alpha value is -3.74. The molecule has 0 spiro atoms. The molecule has 0 saturated heterocycles. The second-order valence-corrected chi connectivity index (χ2v) is 7.16. The predicted octanol–water partition coefficient (Wildman–Crippen LogP) is 4.30. The van der Waals surface area contributed by atoms with Crippen LogP contribution in [0.3, 0.4) is 0 Å². The molecule has 1 aromatic heterocycles. The zero-order valence-electron chi connectivity index (χ0n) is 18.7. The van der Waals surface area contributed by atoms with Crippen molar-refractivity contribution in [1.82, 2.24) is 10.3 Å². The number of esters is 1. The van der Waals surface area contributed by atoms with Gasteiger partial charge >= 0.3 is 5.97 Å². The first kappa shape index (κ1) is 22.9. The minimum absolute atomic E-state index is 0.257. The number of amides is 1. The highest BCUT2D eigenvalue weighted by Crippen LogP contribution is 2.23. The SMILES string of the molecule is CCOC(=O)c1c(CNc2ccc(OC)cc2)[nH]c(C(=O)NCc2ccccc2)c1CC. The molecule has 2 aromatic carbocycles. The molecule has 1 amide bonds. The number of nitrogens with one attached hydrogen (secondary N) is 3. The van der Waals surface area contributed by atoms with E-state index in [1.54, 1.807) is 14.0 Å². The van der Waals surface area contributed by atoms with E-state index in [-0.39, 0.29) is 12.5 Å². The first-order valence-electron chi connectivity index (χ1n) is 10.7. The summed E-state index contributed by atoms with van der Waals surface area (Å²) in [5, 5.41) is 6.22. The van der Waals surface area contributed by atoms with Gasteiger partial charge in [-0.2, -0.15) is 0 Å². The van der Waals surface area contributed by atoms with E-state index in [0.29, 0.717) is 42.0 Å². The van der Waals surface area contributed by atoms with Gasteiger partial charge in [0.05, 0.1) is 25.8 Å². The molecule has 7 heteroatoms. The van der Waals surface area contributed by atoms with Crippen LogP contribution in [0.4, 0.5) is 5.69 Å². The second kappa shape index (κ2) is 11.0. The van der Waals surface area contributed by atoms with Crippen LogP contribution in [0.2, 0.25) is 0 Å². The van der Waals surface area contributed by atoms with Crippen molar-refractivity contribution < 1.29 is 19.1 Å². The molecule has 0 atom stereocenters. The average molecular weight is 436 g/mol. The number of H-pyrrole nitrogens is 1. The molecule has 32 heavy (non-hydrogen) atoms. The van der Waals surface area contributed by atoms with E-state index in [1.807, 2.05) is 61.5 Å². The highest BCUT2D eigenvalue weighted by molar-refractivity contribution is 6.00. The second-order valence-electron chi connectivity index (χ2n) is 7.16. The monoisotopic (exact) mass is 435 g/mol. The molecule has 0 fully saturated rings. The Bertz CT molecular complexity index is 1040. The summed E-state index contributed by atoms with van der Waals surface area (Å²) in [6, 6.07) is 17.2. The van der Waals surface area contributed by atoms with Crippen LogP contribution in [-0.4, -0.2) is 30.6 Å². The van der Waals surface area contributed by atoms with Crippen molar-refractivity contribution in [1.29, 1.82) is 0 Å². The van der Waals surface area contributed by atoms with Crippen molar-refractivity contribution in [3.05, 3.63) is 82.7 Å². The Kier molecular flexibility index (Phi) is 7.91. The van der Waals surface area contributed by atoms with Gasteiger partial charge in [-0.1, -0.05) is 37.3 Å². The van der Waals surface area contributed by atoms with Gasteiger partial charge in [-0.15, -0.1) is 0 Å². The van der Waals surface area contributed by atoms with Crippen LogP contribution < -0.4 is 15.4 Å². The van der Waals surface area contributed by atoms with Crippen LogP contribution in [-0.2, 0) is 24.2 Å². The minimum Gasteiger partial charge on any atom is -0.497 e. The maximum absolute atomic E-state index is 13.0. The molecule has 3 N–H and O–H groups in total. The Balaban J connectivity index is 1.84. The Morgan fingerprint density at radius 2 is 1.69 bits per heavy atom. The highest BCUT2D eigenvalue weighted by Gasteiger charge is 2.26. The third kappa shape index (κ3) is 5.49. The molecule has 0 saturated carbocycles. The highest BCUT2D eigenvalue weighted by atomic mass is 16.5. The molecule has 0 aliphatic heterocycles. The first-order valence-corrected chi connectivity index (χ1v) is 10.7. The summed E-state index contributed by atoms with van der Waals surface area (Å²) < 4.78 is 10.5. The van der Waals surface area contributed by atoms with E-state index >= 15 is 0 Å². The molecule has 0 radical (unpaired) electrons. The average Bonchev–Trinajstić information content (AvgIpc) is 3.21. The van der Waals surface area contributed by atoms with Crippen LogP contribution in [0.5, 0.6) is 5.75 Å². The number of hydrogen-bond donors (Lipinski definition) is 3. The molecule has 0 aliphatic carbocycles. The number of aromatic nitrogens is 1. The van der Waals surface area contributed by atoms with Gasteiger partial charge in [-0.3, -0.25) is 4.79 Å². The lowest BCUT2D eigenvalue weighted by Gasteiger charge is -2.09. The summed E-state index contributed by atoms with van der Waals surface area (Å²) in [7, 11) is 1.61. The van der Waals surface area contributed by atoms with Crippen molar-refractivity contribution in [2.24, 2.45) is 0 Å². The number of methoxy groups -OCH3 is 1. The van der Waals surface area contributed by atoms with Gasteiger partial charge in [0.25, 0.3) is 5.91 Å². The zero-order valence-corrected chi connectivity index (χ0v) is 18.7. The lowest BCUT2D eigenvalue weighted by atomic mass is 10.1. The summed E-state index contributed by atoms with van der Waals surface area (Å²) >= 11 is 0. The van der Waals surface area contributed by atoms with E-state index in [4.69, 9.17) is 9.47 Å². The van der Waals surface area contributed by atoms with Gasteiger partial charge in [-0.25, -0.2) is 4.79 Å². The van der Waals surface area contributed by atoms with Crippen molar-refractivity contribution in [2.75, 3.05) is 19.0 Å². The van der Waals surface area contributed by atoms with E-state index in [2.05, 4.69) is 15.6 Å². The topological polar surface area (TPSA) is 92.5 Å². The minimum atomic E-state index is -0.436. The largest absolute Gasteiger partial charge is 0.497 e. The van der Waals surface area contributed by atoms with Crippen molar-refractivity contribution in [3.8, 4) is 5.75 Å². The zero-order chi connectivity index (χ0) is 22.9. The van der Waals surface area contributed by atoms with Crippen LogP contribution in [0, 0.1) is 0 Å². The van der Waals surface area contributed by atoms with Gasteiger partial charge in [0.15, 0.2) is 0 Å². The molecule has 3 aromatic rings. The molecular weight excluding hydrogens is 406 g/mol. The lowest BCUT2D eigenvalue weighted by Crippen LogP contribution is -2.24. The molecule has 0 unspecified atom stereocenters. The molecular formula is C25H29N3O4. The number of benzene rings is 2. The van der Waals surface area contributed by atoms with Crippen molar-refractivity contribution >= 4 is 17.6 Å². The Labute approximate surface area is 188 Å². The van der Waals surface area contributed by atoms with Gasteiger partial charge in [0.1, 0.15) is 11.4 Å². The quantitative estimate of drug-likeness (QED) is 0.413. The van der Waals surface area contributed by atoms with Gasteiger partial charge in [0, 0.05) is 17.9 Å². The number of hydrogen-bond acceptors (Lipinski definition) is 5. The maximum atomic E-state index is 13.0. The smallest absolute Gasteiger partial charge is 0.340 e. The van der Waals surface area contributed by atoms with E-state index in [0.717, 1.165) is 17.0 Å². The summed E-state index contributed by atoms with van der Waals surface area (Å²) in [5.41, 5.74) is 3.93. The molecule has 7 nitrogen and oxygen atoms in total. The number of aromatic amines is 1. The van der Waals surface area contributed by atoms with Crippen molar-refractivity contribution in [3.63, 3.8) is 0 Å². The fourth-order valence-corrected chi connectivity index (χ4v) is 3.49. The number of carbonyl (C=O) groups is 2.